The Labute approximate surface area is 438 Å². The second kappa shape index (κ2) is 55.2. The molecule has 0 aromatic carbocycles. The van der Waals surface area contributed by atoms with Gasteiger partial charge in [-0.25, -0.2) is 0 Å². The number of carbonyl (C=O) groups is 3. The lowest BCUT2D eigenvalue weighted by atomic mass is 9.99. The van der Waals surface area contributed by atoms with Crippen LogP contribution in [-0.4, -0.2) is 37.2 Å². The molecule has 70 heavy (non-hydrogen) atoms. The fraction of sp³-hybridized carbons (Fsp3) is 0.953. The average molecular weight is 990 g/mol. The van der Waals surface area contributed by atoms with E-state index in [0.717, 1.165) is 75.5 Å². The zero-order chi connectivity index (χ0) is 51.2. The number of hydrogen-bond donors (Lipinski definition) is 0. The summed E-state index contributed by atoms with van der Waals surface area (Å²) in [6.45, 7) is 13.9. The summed E-state index contributed by atoms with van der Waals surface area (Å²) < 4.78 is 16.9. The van der Waals surface area contributed by atoms with Gasteiger partial charge in [0.15, 0.2) is 6.10 Å². The number of unbranched alkanes of at least 4 members (excludes halogenated alkanes) is 38. The van der Waals surface area contributed by atoms with Crippen LogP contribution in [-0.2, 0) is 28.6 Å². The number of ether oxygens (including phenoxy) is 3. The van der Waals surface area contributed by atoms with Crippen LogP contribution in [0.15, 0.2) is 0 Å². The summed E-state index contributed by atoms with van der Waals surface area (Å²) >= 11 is 0. The minimum atomic E-state index is -0.764. The maximum atomic E-state index is 12.9. The van der Waals surface area contributed by atoms with Crippen LogP contribution < -0.4 is 0 Å². The van der Waals surface area contributed by atoms with Gasteiger partial charge in [0.05, 0.1) is 0 Å². The number of carbonyl (C=O) groups excluding carboxylic acids is 3. The molecule has 0 saturated heterocycles. The highest BCUT2D eigenvalue weighted by Gasteiger charge is 2.19. The molecule has 0 aliphatic heterocycles. The third kappa shape index (κ3) is 54.2. The van der Waals surface area contributed by atoms with Gasteiger partial charge in [-0.3, -0.25) is 14.4 Å². The van der Waals surface area contributed by atoms with E-state index in [1.165, 1.54) is 238 Å². The first-order valence-electron chi connectivity index (χ1n) is 31.7. The van der Waals surface area contributed by atoms with Gasteiger partial charge in [0.2, 0.25) is 0 Å². The summed E-state index contributed by atoms with van der Waals surface area (Å²) in [5.74, 6) is 1.78. The molecule has 0 saturated carbocycles. The zero-order valence-electron chi connectivity index (χ0n) is 48.3. The molecule has 0 aliphatic carbocycles. The van der Waals surface area contributed by atoms with Crippen molar-refractivity contribution >= 4 is 17.9 Å². The summed E-state index contributed by atoms with van der Waals surface area (Å²) in [5, 5.41) is 0. The Kier molecular flexibility index (Phi) is 53.9. The van der Waals surface area contributed by atoms with Crippen LogP contribution in [0.25, 0.3) is 0 Å². The first-order chi connectivity index (χ1) is 34.2. The van der Waals surface area contributed by atoms with Crippen LogP contribution in [0.5, 0.6) is 0 Å². The molecule has 416 valence electrons. The molecule has 3 atom stereocenters. The molecule has 0 heterocycles. The first-order valence-corrected chi connectivity index (χ1v) is 31.7. The van der Waals surface area contributed by atoms with Crippen LogP contribution in [0.3, 0.4) is 0 Å². The van der Waals surface area contributed by atoms with E-state index in [1.807, 2.05) is 0 Å². The van der Waals surface area contributed by atoms with Gasteiger partial charge in [0.1, 0.15) is 13.2 Å². The van der Waals surface area contributed by atoms with Gasteiger partial charge < -0.3 is 14.2 Å². The monoisotopic (exact) mass is 989 g/mol. The quantitative estimate of drug-likeness (QED) is 0.0343. The van der Waals surface area contributed by atoms with E-state index in [9.17, 15) is 14.4 Å². The number of hydrogen-bond acceptors (Lipinski definition) is 6. The van der Waals surface area contributed by atoms with Crippen molar-refractivity contribution in [2.45, 2.75) is 362 Å². The maximum absolute atomic E-state index is 12.9. The van der Waals surface area contributed by atoms with Crippen LogP contribution in [0.2, 0.25) is 0 Å². The van der Waals surface area contributed by atoms with Crippen molar-refractivity contribution in [1.29, 1.82) is 0 Å². The molecule has 6 heteroatoms. The molecule has 0 aliphatic rings. The van der Waals surface area contributed by atoms with Gasteiger partial charge >= 0.3 is 17.9 Å². The lowest BCUT2D eigenvalue weighted by Gasteiger charge is -2.18. The van der Waals surface area contributed by atoms with Crippen molar-refractivity contribution in [3.05, 3.63) is 0 Å². The van der Waals surface area contributed by atoms with E-state index in [1.54, 1.807) is 0 Å². The second-order valence-electron chi connectivity index (χ2n) is 23.0. The van der Waals surface area contributed by atoms with Crippen LogP contribution in [0, 0.1) is 17.8 Å². The van der Waals surface area contributed by atoms with Crippen molar-refractivity contribution in [3.8, 4) is 0 Å². The van der Waals surface area contributed by atoms with Crippen molar-refractivity contribution in [2.75, 3.05) is 13.2 Å². The standard InChI is InChI=1S/C64H124O6/c1-7-59(5)51-45-39-33-27-21-17-13-11-9-10-12-14-18-23-31-37-43-49-55-64(67)70-61(57-69-63(66)54-48-42-36-30-25-24-28-34-40-46-52-60(6)8-2)56-68-62(65)53-47-41-35-29-22-19-15-16-20-26-32-38-44-50-58(3)4/h58-61H,7-57H2,1-6H3/t59?,60?,61-/m0/s1. The highest BCUT2D eigenvalue weighted by Crippen LogP contribution is 2.20. The van der Waals surface area contributed by atoms with Gasteiger partial charge in [-0.15, -0.1) is 0 Å². The fourth-order valence-electron chi connectivity index (χ4n) is 9.82. The Morgan fingerprint density at radius 3 is 0.743 bits per heavy atom. The highest BCUT2D eigenvalue weighted by atomic mass is 16.6. The summed E-state index contributed by atoms with van der Waals surface area (Å²) in [7, 11) is 0. The Morgan fingerprint density at radius 2 is 0.500 bits per heavy atom. The molecule has 0 bridgehead atoms. The molecular weight excluding hydrogens is 865 g/mol. The molecule has 0 amide bonds. The molecular formula is C64H124O6. The summed E-state index contributed by atoms with van der Waals surface area (Å²) in [5.41, 5.74) is 0. The largest absolute Gasteiger partial charge is 0.462 e. The van der Waals surface area contributed by atoms with Crippen LogP contribution in [0.4, 0.5) is 0 Å². The number of esters is 3. The minimum absolute atomic E-state index is 0.0630. The molecule has 2 unspecified atom stereocenters. The number of rotatable bonds is 57. The van der Waals surface area contributed by atoms with E-state index in [4.69, 9.17) is 14.2 Å². The third-order valence-corrected chi connectivity index (χ3v) is 15.4. The molecule has 0 N–H and O–H groups in total. The van der Waals surface area contributed by atoms with Gasteiger partial charge in [0.25, 0.3) is 0 Å². The van der Waals surface area contributed by atoms with Crippen molar-refractivity contribution < 1.29 is 28.6 Å². The smallest absolute Gasteiger partial charge is 0.306 e. The zero-order valence-corrected chi connectivity index (χ0v) is 48.3. The Hall–Kier alpha value is -1.59. The predicted molar refractivity (Wildman–Crippen MR) is 303 cm³/mol. The van der Waals surface area contributed by atoms with Gasteiger partial charge in [-0.05, 0) is 37.0 Å². The van der Waals surface area contributed by atoms with Gasteiger partial charge in [-0.2, -0.15) is 0 Å². The van der Waals surface area contributed by atoms with E-state index in [2.05, 4.69) is 41.5 Å². The minimum Gasteiger partial charge on any atom is -0.462 e. The second-order valence-corrected chi connectivity index (χ2v) is 23.0. The van der Waals surface area contributed by atoms with Gasteiger partial charge in [0, 0.05) is 19.3 Å². The summed E-state index contributed by atoms with van der Waals surface area (Å²) in [6, 6.07) is 0. The molecule has 0 fully saturated rings. The lowest BCUT2D eigenvalue weighted by Crippen LogP contribution is -2.30. The molecule has 0 spiro atoms. The lowest BCUT2D eigenvalue weighted by molar-refractivity contribution is -0.167. The van der Waals surface area contributed by atoms with Crippen LogP contribution >= 0.6 is 0 Å². The summed E-state index contributed by atoms with van der Waals surface area (Å²) in [4.78, 5) is 38.3. The van der Waals surface area contributed by atoms with Crippen molar-refractivity contribution in [2.24, 2.45) is 17.8 Å². The Bertz CT molecular complexity index is 1090. The highest BCUT2D eigenvalue weighted by molar-refractivity contribution is 5.71. The topological polar surface area (TPSA) is 78.9 Å². The Balaban J connectivity index is 4.27. The molecule has 6 nitrogen and oxygen atoms in total. The maximum Gasteiger partial charge on any atom is 0.306 e. The van der Waals surface area contributed by atoms with Crippen molar-refractivity contribution in [3.63, 3.8) is 0 Å². The molecule has 0 aromatic heterocycles. The van der Waals surface area contributed by atoms with Gasteiger partial charge in [-0.1, -0.05) is 318 Å². The van der Waals surface area contributed by atoms with Crippen LogP contribution in [0.1, 0.15) is 356 Å². The average Bonchev–Trinajstić information content (AvgIpc) is 3.35. The van der Waals surface area contributed by atoms with E-state index < -0.39 is 6.10 Å². The summed E-state index contributed by atoms with van der Waals surface area (Å²) in [6.07, 6.45) is 59.5. The third-order valence-electron chi connectivity index (χ3n) is 15.4. The fourth-order valence-corrected chi connectivity index (χ4v) is 9.82. The molecule has 0 aromatic rings. The van der Waals surface area contributed by atoms with Crippen molar-refractivity contribution in [1.82, 2.24) is 0 Å². The van der Waals surface area contributed by atoms with E-state index in [-0.39, 0.29) is 31.1 Å². The van der Waals surface area contributed by atoms with E-state index >= 15 is 0 Å². The molecule has 0 rings (SSSR count). The predicted octanol–water partition coefficient (Wildman–Crippen LogP) is 21.1. The molecule has 0 radical (unpaired) electrons. The Morgan fingerprint density at radius 1 is 0.286 bits per heavy atom. The SMILES string of the molecule is CCC(C)CCCCCCCCCCCCCCCCCCCCC(=O)O[C@@H](COC(=O)CCCCCCCCCCCCCCCC(C)C)COC(=O)CCCCCCCCCCCCC(C)CC. The normalized spacial score (nSPS) is 12.9. The first kappa shape index (κ1) is 68.4. The van der Waals surface area contributed by atoms with E-state index in [0.29, 0.717) is 19.3 Å².